The summed E-state index contributed by atoms with van der Waals surface area (Å²) < 4.78 is 19.9. The van der Waals surface area contributed by atoms with Crippen molar-refractivity contribution < 1.29 is 9.47 Å². The van der Waals surface area contributed by atoms with Gasteiger partial charge in [0, 0.05) is 0 Å². The van der Waals surface area contributed by atoms with Crippen LogP contribution in [0.1, 0.15) is 79.1 Å². The van der Waals surface area contributed by atoms with Crippen LogP contribution in [0.3, 0.4) is 0 Å². The minimum atomic E-state index is -2.17. The van der Waals surface area contributed by atoms with Crippen LogP contribution in [-0.4, -0.2) is 50.0 Å². The molecule has 0 saturated carbocycles. The number of rotatable bonds is 18. The first-order valence-electron chi connectivity index (χ1n) is 18.4. The zero-order valence-corrected chi connectivity index (χ0v) is 40.1. The second kappa shape index (κ2) is 17.0. The molecular weight excluding hydrogens is 878 g/mol. The molecule has 0 saturated heterocycles. The van der Waals surface area contributed by atoms with Crippen molar-refractivity contribution in [3.8, 4) is 31.0 Å². The predicted octanol–water partition coefficient (Wildman–Crippen LogP) is 13.9. The fourth-order valence-corrected chi connectivity index (χ4v) is 21.3. The summed E-state index contributed by atoms with van der Waals surface area (Å²) in [5.74, 6) is 3.31. The molecule has 0 fully saturated rings. The number of hydrogen-bond donors (Lipinski definition) is 0. The van der Waals surface area contributed by atoms with Gasteiger partial charge in [-0.3, -0.25) is 0 Å². The second-order valence-electron chi connectivity index (χ2n) is 15.6. The number of unbranched alkanes of at least 4 members (excludes halogenated alkanes) is 2. The molecule has 5 aromatic rings. The Morgan fingerprint density at radius 1 is 0.542 bits per heavy atom. The van der Waals surface area contributed by atoms with Gasteiger partial charge in [0.2, 0.25) is 0 Å². The molecule has 0 amide bonds. The fourth-order valence-electron chi connectivity index (χ4n) is 6.18. The van der Waals surface area contributed by atoms with E-state index in [-0.39, 0.29) is 0 Å². The molecule has 0 aliphatic carbocycles. The number of ether oxygens (including phenoxy) is 2. The summed E-state index contributed by atoms with van der Waals surface area (Å²) in [5.41, 5.74) is 0. The van der Waals surface area contributed by atoms with Crippen molar-refractivity contribution in [1.29, 1.82) is 0 Å². The van der Waals surface area contributed by atoms with Gasteiger partial charge < -0.3 is 0 Å². The van der Waals surface area contributed by atoms with Gasteiger partial charge in [-0.2, -0.15) is 0 Å². The van der Waals surface area contributed by atoms with Crippen molar-refractivity contribution in [1.82, 2.24) is 0 Å². The van der Waals surface area contributed by atoms with Gasteiger partial charge in [0.25, 0.3) is 0 Å². The van der Waals surface area contributed by atoms with Gasteiger partial charge in [0.15, 0.2) is 0 Å². The van der Waals surface area contributed by atoms with Crippen molar-refractivity contribution >= 4 is 108 Å². The van der Waals surface area contributed by atoms with Crippen LogP contribution < -0.4 is 15.3 Å². The molecule has 2 unspecified atom stereocenters. The SMILES string of the molecule is CCCCC(CC)COc1c2cc(-c3cc[c]([Sn]([CH3])([CH3])[CH3])s3)sc2c(OCC(CC)CCCC)c2cc(-c3cc[c]([Sn]([CH3])([CH3])[CH3])s3)sc12. The number of benzene rings is 1. The van der Waals surface area contributed by atoms with E-state index in [9.17, 15) is 0 Å². The summed E-state index contributed by atoms with van der Waals surface area (Å²) >= 11 is 3.55. The normalized spacial score (nSPS) is 13.9. The van der Waals surface area contributed by atoms with Crippen LogP contribution in [0.4, 0.5) is 0 Å². The van der Waals surface area contributed by atoms with Gasteiger partial charge in [-0.05, 0) is 0 Å². The van der Waals surface area contributed by atoms with Gasteiger partial charge in [0.1, 0.15) is 0 Å². The van der Waals surface area contributed by atoms with Crippen LogP contribution in [0.25, 0.3) is 39.7 Å². The molecule has 4 heterocycles. The van der Waals surface area contributed by atoms with E-state index in [2.05, 4.69) is 93.7 Å². The third-order valence-electron chi connectivity index (χ3n) is 9.56. The molecule has 2 atom stereocenters. The van der Waals surface area contributed by atoms with Gasteiger partial charge in [-0.25, -0.2) is 0 Å². The van der Waals surface area contributed by atoms with Gasteiger partial charge in [0.05, 0.1) is 0 Å². The first-order chi connectivity index (χ1) is 22.9. The van der Waals surface area contributed by atoms with Crippen LogP contribution in [-0.2, 0) is 0 Å². The van der Waals surface area contributed by atoms with Crippen LogP contribution in [0.15, 0.2) is 36.4 Å². The van der Waals surface area contributed by atoms with E-state index in [0.717, 1.165) is 37.6 Å². The Hall–Kier alpha value is -0.263. The third-order valence-corrected chi connectivity index (χ3v) is 33.4. The van der Waals surface area contributed by atoms with E-state index in [1.54, 1.807) is 5.79 Å². The summed E-state index contributed by atoms with van der Waals surface area (Å²) in [4.78, 5) is 20.6. The number of hydrogen-bond acceptors (Lipinski definition) is 6. The Morgan fingerprint density at radius 2 is 0.938 bits per heavy atom. The van der Waals surface area contributed by atoms with Gasteiger partial charge in [-0.1, -0.05) is 26.7 Å². The third kappa shape index (κ3) is 9.20. The average molecular weight is 937 g/mol. The molecule has 0 radical (unpaired) electrons. The fraction of sp³-hybridized carbons (Fsp3) is 0.550. The van der Waals surface area contributed by atoms with E-state index in [4.69, 9.17) is 9.47 Å². The zero-order chi connectivity index (χ0) is 34.6. The Balaban J connectivity index is 1.69. The molecule has 0 bridgehead atoms. The van der Waals surface area contributed by atoms with Crippen molar-refractivity contribution in [2.75, 3.05) is 13.2 Å². The molecule has 0 spiro atoms. The van der Waals surface area contributed by atoms with E-state index in [1.807, 2.05) is 45.3 Å². The van der Waals surface area contributed by atoms with Crippen molar-refractivity contribution in [2.45, 2.75) is 109 Å². The van der Waals surface area contributed by atoms with Gasteiger partial charge >= 0.3 is 292 Å². The maximum absolute atomic E-state index is 7.04. The topological polar surface area (TPSA) is 18.5 Å². The summed E-state index contributed by atoms with van der Waals surface area (Å²) in [7, 11) is 0. The molecule has 1 aromatic carbocycles. The molecule has 5 rings (SSSR count). The molecular formula is C40H58O2S4Sn2. The molecule has 0 N–H and O–H groups in total. The molecule has 0 aliphatic rings. The quantitative estimate of drug-likeness (QED) is 0.0815. The number of thiophene rings is 4. The first-order valence-corrected chi connectivity index (χ1v) is 41.6. The van der Waals surface area contributed by atoms with Crippen LogP contribution >= 0.6 is 45.3 Å². The van der Waals surface area contributed by atoms with E-state index in [1.165, 1.54) is 78.2 Å². The molecule has 262 valence electrons. The molecule has 0 aliphatic heterocycles. The molecule has 4 aromatic heterocycles. The predicted molar refractivity (Wildman–Crippen MR) is 227 cm³/mol. The Bertz CT molecular complexity index is 1600. The van der Waals surface area contributed by atoms with E-state index in [0.29, 0.717) is 11.8 Å². The molecule has 8 heteroatoms. The average Bonchev–Trinajstić information content (AvgIpc) is 3.86. The molecule has 48 heavy (non-hydrogen) atoms. The number of fused-ring (bicyclic) bond motifs is 2. The Labute approximate surface area is 315 Å². The van der Waals surface area contributed by atoms with Crippen molar-refractivity contribution in [3.05, 3.63) is 36.4 Å². The zero-order valence-electron chi connectivity index (χ0n) is 31.1. The summed E-state index contributed by atoms with van der Waals surface area (Å²) in [5, 5.41) is 2.48. The van der Waals surface area contributed by atoms with Crippen molar-refractivity contribution in [2.24, 2.45) is 11.8 Å². The summed E-state index contributed by atoms with van der Waals surface area (Å²) in [6.45, 7) is 10.8. The summed E-state index contributed by atoms with van der Waals surface area (Å²) in [6, 6.07) is 14.4. The standard InChI is InChI=1S/C34H40O2S4.6CH3.2Sn/c1-5-9-13-23(7-3)21-35-31-25-19-29(27-15-11-17-37-27)40-34(25)32(36-22-24(8-4)14-10-6-2)26-20-30(39-33(26)31)28-16-12-18-38-28;;;;;;;;/h11-12,15-16,19-20,23-24H,5-10,13-14,21-22H2,1-4H3;6*1H3;;. The minimum absolute atomic E-state index is 0.575. The second-order valence-corrected chi connectivity index (χ2v) is 50.8. The Kier molecular flexibility index (Phi) is 13.8. The maximum atomic E-state index is 7.04. The van der Waals surface area contributed by atoms with Gasteiger partial charge in [-0.15, -0.1) is 0 Å². The first kappa shape index (κ1) is 39.0. The van der Waals surface area contributed by atoms with Crippen LogP contribution in [0.2, 0.25) is 29.6 Å². The van der Waals surface area contributed by atoms with E-state index >= 15 is 0 Å². The van der Waals surface area contributed by atoms with Crippen LogP contribution in [0, 0.1) is 11.8 Å². The monoisotopic (exact) mass is 938 g/mol. The Morgan fingerprint density at radius 3 is 1.25 bits per heavy atom. The summed E-state index contributed by atoms with van der Waals surface area (Å²) in [6.07, 6.45) is 9.77. The van der Waals surface area contributed by atoms with Crippen molar-refractivity contribution in [3.63, 3.8) is 0 Å². The van der Waals surface area contributed by atoms with E-state index < -0.39 is 36.8 Å². The molecule has 2 nitrogen and oxygen atoms in total. The van der Waals surface area contributed by atoms with Crippen LogP contribution in [0.5, 0.6) is 11.5 Å².